The molecule has 3 heteroatoms. The number of carbonyl (C=O) groups is 1. The molecule has 0 spiro atoms. The molecule has 0 unspecified atom stereocenters. The van der Waals surface area contributed by atoms with Crippen LogP contribution in [0.15, 0.2) is 30.3 Å². The Balaban J connectivity index is 1.74. The molecule has 0 saturated heterocycles. The molecule has 2 bridgehead atoms. The van der Waals surface area contributed by atoms with E-state index in [1.807, 2.05) is 44.4 Å². The van der Waals surface area contributed by atoms with Gasteiger partial charge in [0.2, 0.25) is 5.91 Å². The van der Waals surface area contributed by atoms with Crippen LogP contribution in [0.4, 0.5) is 0 Å². The van der Waals surface area contributed by atoms with Crippen LogP contribution in [0.25, 0.3) is 0 Å². The van der Waals surface area contributed by atoms with Gasteiger partial charge in [-0.15, -0.1) is 0 Å². The molecule has 22 heavy (non-hydrogen) atoms. The summed E-state index contributed by atoms with van der Waals surface area (Å²) in [5.41, 5.74) is 1.07. The van der Waals surface area contributed by atoms with Crippen molar-refractivity contribution in [2.24, 2.45) is 17.8 Å². The highest BCUT2D eigenvalue weighted by molar-refractivity contribution is 5.82. The first kappa shape index (κ1) is 15.5. The number of amides is 1. The molecule has 1 aromatic carbocycles. The molecule has 3 rings (SSSR count). The van der Waals surface area contributed by atoms with Gasteiger partial charge in [-0.2, -0.15) is 0 Å². The fourth-order valence-corrected chi connectivity index (χ4v) is 4.51. The van der Waals surface area contributed by atoms with Gasteiger partial charge in [0.25, 0.3) is 0 Å². The summed E-state index contributed by atoms with van der Waals surface area (Å²) in [5.74, 6) is 2.69. The molecule has 0 aliphatic heterocycles. The van der Waals surface area contributed by atoms with Gasteiger partial charge in [-0.1, -0.05) is 36.8 Å². The molecule has 1 N–H and O–H groups in total. The zero-order chi connectivity index (χ0) is 15.7. The van der Waals surface area contributed by atoms with Crippen molar-refractivity contribution in [3.05, 3.63) is 35.9 Å². The van der Waals surface area contributed by atoms with Gasteiger partial charge in [-0.3, -0.25) is 10.1 Å². The van der Waals surface area contributed by atoms with Crippen LogP contribution in [0.3, 0.4) is 0 Å². The van der Waals surface area contributed by atoms with Crippen LogP contribution >= 0.6 is 0 Å². The molecule has 3 nitrogen and oxygen atoms in total. The summed E-state index contributed by atoms with van der Waals surface area (Å²) in [4.78, 5) is 14.3. The Hall–Kier alpha value is -1.35. The van der Waals surface area contributed by atoms with Gasteiger partial charge in [0.05, 0.1) is 0 Å². The lowest BCUT2D eigenvalue weighted by Gasteiger charge is -2.32. The molecular formula is C19H28N2O. The van der Waals surface area contributed by atoms with Crippen molar-refractivity contribution in [1.82, 2.24) is 10.2 Å². The quantitative estimate of drug-likeness (QED) is 0.905. The highest BCUT2D eigenvalue weighted by Gasteiger charge is 2.42. The van der Waals surface area contributed by atoms with Crippen molar-refractivity contribution in [2.45, 2.75) is 44.7 Å². The van der Waals surface area contributed by atoms with Crippen LogP contribution < -0.4 is 5.32 Å². The van der Waals surface area contributed by atoms with Gasteiger partial charge >= 0.3 is 0 Å². The fourth-order valence-electron chi connectivity index (χ4n) is 4.51. The first-order valence-electron chi connectivity index (χ1n) is 8.58. The number of rotatable bonds is 5. The van der Waals surface area contributed by atoms with Gasteiger partial charge in [-0.05, 0) is 49.5 Å². The largest absolute Gasteiger partial charge is 0.347 e. The molecule has 2 fully saturated rings. The summed E-state index contributed by atoms with van der Waals surface area (Å²) in [6, 6.07) is 10.3. The standard InChI is InChI=1S/C19H28N2O/c1-13(17-12-14-9-10-16(17)11-14)20-18(19(22)21(2)3)15-7-5-4-6-8-15/h4-8,13-14,16-18,20H,9-12H2,1-3H3/t13-,14-,16-,17-,18-/m0/s1. The molecule has 2 aliphatic carbocycles. The average Bonchev–Trinajstić information content (AvgIpc) is 3.15. The van der Waals surface area contributed by atoms with Crippen molar-refractivity contribution >= 4 is 5.91 Å². The zero-order valence-corrected chi connectivity index (χ0v) is 14.0. The van der Waals surface area contributed by atoms with Gasteiger partial charge in [0, 0.05) is 20.1 Å². The molecule has 2 saturated carbocycles. The summed E-state index contributed by atoms with van der Waals surface area (Å²) in [6.45, 7) is 2.27. The molecule has 1 aromatic rings. The second kappa shape index (κ2) is 6.41. The van der Waals surface area contributed by atoms with Crippen LogP contribution in [-0.2, 0) is 4.79 Å². The summed E-state index contributed by atoms with van der Waals surface area (Å²) in [5, 5.41) is 3.65. The maximum atomic E-state index is 12.6. The number of nitrogens with zero attached hydrogens (tertiary/aromatic N) is 1. The van der Waals surface area contributed by atoms with E-state index in [1.165, 1.54) is 25.7 Å². The summed E-state index contributed by atoms with van der Waals surface area (Å²) in [6.07, 6.45) is 5.57. The molecule has 0 aromatic heterocycles. The number of hydrogen-bond acceptors (Lipinski definition) is 2. The van der Waals surface area contributed by atoms with Crippen molar-refractivity contribution in [3.8, 4) is 0 Å². The van der Waals surface area contributed by atoms with Gasteiger partial charge in [-0.25, -0.2) is 0 Å². The Morgan fingerprint density at radius 2 is 1.91 bits per heavy atom. The Kier molecular flexibility index (Phi) is 4.53. The molecular weight excluding hydrogens is 272 g/mol. The Morgan fingerprint density at radius 3 is 2.45 bits per heavy atom. The zero-order valence-electron chi connectivity index (χ0n) is 14.0. The van der Waals surface area contributed by atoms with Crippen LogP contribution in [0, 0.1) is 17.8 Å². The second-order valence-corrected chi connectivity index (χ2v) is 7.37. The summed E-state index contributed by atoms with van der Waals surface area (Å²) >= 11 is 0. The molecule has 120 valence electrons. The smallest absolute Gasteiger partial charge is 0.243 e. The van der Waals surface area contributed by atoms with Crippen LogP contribution in [0.1, 0.15) is 44.2 Å². The van der Waals surface area contributed by atoms with Crippen molar-refractivity contribution in [1.29, 1.82) is 0 Å². The third-order valence-electron chi connectivity index (χ3n) is 5.69. The minimum absolute atomic E-state index is 0.140. The lowest BCUT2D eigenvalue weighted by molar-refractivity contribution is -0.131. The van der Waals surface area contributed by atoms with Crippen LogP contribution in [0.2, 0.25) is 0 Å². The molecule has 0 radical (unpaired) electrons. The van der Waals surface area contributed by atoms with E-state index in [2.05, 4.69) is 12.2 Å². The number of benzene rings is 1. The third-order valence-corrected chi connectivity index (χ3v) is 5.69. The van der Waals surface area contributed by atoms with Crippen LogP contribution in [0.5, 0.6) is 0 Å². The number of nitrogens with one attached hydrogen (secondary N) is 1. The van der Waals surface area contributed by atoms with Gasteiger partial charge < -0.3 is 4.90 Å². The average molecular weight is 300 g/mol. The Morgan fingerprint density at radius 1 is 1.18 bits per heavy atom. The van der Waals surface area contributed by atoms with E-state index in [4.69, 9.17) is 0 Å². The van der Waals surface area contributed by atoms with E-state index in [9.17, 15) is 4.79 Å². The molecule has 2 aliphatic rings. The minimum Gasteiger partial charge on any atom is -0.347 e. The van der Waals surface area contributed by atoms with E-state index < -0.39 is 0 Å². The number of hydrogen-bond donors (Lipinski definition) is 1. The first-order valence-corrected chi connectivity index (χ1v) is 8.58. The normalized spacial score (nSPS) is 29.3. The molecule has 1 amide bonds. The highest BCUT2D eigenvalue weighted by Crippen LogP contribution is 2.49. The summed E-state index contributed by atoms with van der Waals surface area (Å²) in [7, 11) is 3.67. The fraction of sp³-hybridized carbons (Fsp3) is 0.632. The van der Waals surface area contributed by atoms with Crippen molar-refractivity contribution < 1.29 is 4.79 Å². The van der Waals surface area contributed by atoms with E-state index in [-0.39, 0.29) is 11.9 Å². The number of likely N-dealkylation sites (N-methyl/N-ethyl adjacent to an activating group) is 1. The lowest BCUT2D eigenvalue weighted by atomic mass is 9.83. The van der Waals surface area contributed by atoms with E-state index in [0.29, 0.717) is 6.04 Å². The monoisotopic (exact) mass is 300 g/mol. The van der Waals surface area contributed by atoms with E-state index in [0.717, 1.165) is 23.3 Å². The lowest BCUT2D eigenvalue weighted by Crippen LogP contribution is -2.44. The number of carbonyl (C=O) groups excluding carboxylic acids is 1. The predicted molar refractivity (Wildman–Crippen MR) is 89.4 cm³/mol. The van der Waals surface area contributed by atoms with E-state index >= 15 is 0 Å². The number of fused-ring (bicyclic) bond motifs is 2. The Labute approximate surface area is 134 Å². The third kappa shape index (κ3) is 3.05. The Bertz CT molecular complexity index is 513. The summed E-state index contributed by atoms with van der Waals surface area (Å²) < 4.78 is 0. The molecule has 0 heterocycles. The minimum atomic E-state index is -0.231. The van der Waals surface area contributed by atoms with Gasteiger partial charge in [0.1, 0.15) is 6.04 Å². The van der Waals surface area contributed by atoms with Crippen molar-refractivity contribution in [3.63, 3.8) is 0 Å². The SMILES string of the molecule is C[C@H](N[C@H](C(=O)N(C)C)c1ccccc1)[C@@H]1C[C@H]2CC[C@H]1C2. The predicted octanol–water partition coefficient (Wildman–Crippen LogP) is 3.23. The van der Waals surface area contributed by atoms with E-state index in [1.54, 1.807) is 4.90 Å². The topological polar surface area (TPSA) is 32.3 Å². The molecule has 5 atom stereocenters. The maximum absolute atomic E-state index is 12.6. The van der Waals surface area contributed by atoms with Crippen molar-refractivity contribution in [2.75, 3.05) is 14.1 Å². The second-order valence-electron chi connectivity index (χ2n) is 7.37. The first-order chi connectivity index (χ1) is 10.6. The van der Waals surface area contributed by atoms with Gasteiger partial charge in [0.15, 0.2) is 0 Å². The highest BCUT2D eigenvalue weighted by atomic mass is 16.2. The van der Waals surface area contributed by atoms with Crippen LogP contribution in [-0.4, -0.2) is 30.9 Å². The maximum Gasteiger partial charge on any atom is 0.243 e.